The predicted octanol–water partition coefficient (Wildman–Crippen LogP) is 0.913. The van der Waals surface area contributed by atoms with Gasteiger partial charge in [-0.15, -0.1) is 0 Å². The van der Waals surface area contributed by atoms with Crippen LogP contribution in [0.2, 0.25) is 0 Å². The Hall–Kier alpha value is -1.88. The number of benzene rings is 1. The molecular formula is C12H15N5. The summed E-state index contributed by atoms with van der Waals surface area (Å²) in [6.45, 7) is 2.72. The highest BCUT2D eigenvalue weighted by Crippen LogP contribution is 2.25. The summed E-state index contributed by atoms with van der Waals surface area (Å²) in [5, 5.41) is 4.08. The van der Waals surface area contributed by atoms with Crippen LogP contribution >= 0.6 is 0 Å². The van der Waals surface area contributed by atoms with Crippen LogP contribution in [0.5, 0.6) is 0 Å². The van der Waals surface area contributed by atoms with Gasteiger partial charge in [0.2, 0.25) is 0 Å². The van der Waals surface area contributed by atoms with Crippen LogP contribution in [0.4, 0.5) is 5.69 Å². The average Bonchev–Trinajstić information content (AvgIpc) is 2.85. The number of fused-ring (bicyclic) bond motifs is 1. The number of nitrogens with zero attached hydrogens (tertiary/aromatic N) is 4. The quantitative estimate of drug-likeness (QED) is 0.778. The van der Waals surface area contributed by atoms with E-state index < -0.39 is 0 Å². The van der Waals surface area contributed by atoms with Crippen LogP contribution in [0.1, 0.15) is 17.0 Å². The summed E-state index contributed by atoms with van der Waals surface area (Å²) in [6, 6.07) is 6.14. The molecular weight excluding hydrogens is 214 g/mol. The van der Waals surface area contributed by atoms with Gasteiger partial charge in [0.1, 0.15) is 12.2 Å². The fourth-order valence-corrected chi connectivity index (χ4v) is 2.26. The van der Waals surface area contributed by atoms with Gasteiger partial charge < -0.3 is 5.73 Å². The monoisotopic (exact) mass is 229 g/mol. The molecule has 1 aliphatic rings. The van der Waals surface area contributed by atoms with Crippen LogP contribution in [0.15, 0.2) is 24.5 Å². The largest absolute Gasteiger partial charge is 0.399 e. The van der Waals surface area contributed by atoms with E-state index in [0.29, 0.717) is 0 Å². The molecule has 2 heterocycles. The highest BCUT2D eigenvalue weighted by molar-refractivity contribution is 5.46. The molecule has 0 unspecified atom stereocenters. The van der Waals surface area contributed by atoms with Gasteiger partial charge in [0.25, 0.3) is 0 Å². The van der Waals surface area contributed by atoms with E-state index in [-0.39, 0.29) is 0 Å². The first kappa shape index (κ1) is 10.3. The molecule has 0 aliphatic carbocycles. The standard InChI is InChI=1S/C12H15N5/c1-16-12(14-8-15-16)7-17-5-9-2-3-11(13)4-10(9)6-17/h2-4,8H,5-7,13H2,1H3. The van der Waals surface area contributed by atoms with Gasteiger partial charge in [-0.25, -0.2) is 4.98 Å². The topological polar surface area (TPSA) is 60.0 Å². The Morgan fingerprint density at radius 2 is 2.12 bits per heavy atom. The van der Waals surface area contributed by atoms with Gasteiger partial charge in [0.05, 0.1) is 6.54 Å². The molecule has 17 heavy (non-hydrogen) atoms. The number of anilines is 1. The molecule has 0 fully saturated rings. The Balaban J connectivity index is 1.76. The van der Waals surface area contributed by atoms with Gasteiger partial charge in [-0.3, -0.25) is 9.58 Å². The minimum absolute atomic E-state index is 0.824. The normalized spacial score (nSPS) is 15.1. The van der Waals surface area contributed by atoms with E-state index in [1.165, 1.54) is 11.1 Å². The van der Waals surface area contributed by atoms with Gasteiger partial charge >= 0.3 is 0 Å². The highest BCUT2D eigenvalue weighted by atomic mass is 15.3. The Bertz CT molecular complexity index is 546. The molecule has 3 rings (SSSR count). The van der Waals surface area contributed by atoms with Crippen molar-refractivity contribution in [3.63, 3.8) is 0 Å². The van der Waals surface area contributed by atoms with Crippen LogP contribution in [0.3, 0.4) is 0 Å². The number of aryl methyl sites for hydroxylation is 1. The van der Waals surface area contributed by atoms with E-state index in [4.69, 9.17) is 5.73 Å². The van der Waals surface area contributed by atoms with Gasteiger partial charge in [-0.2, -0.15) is 5.10 Å². The summed E-state index contributed by atoms with van der Waals surface area (Å²) in [4.78, 5) is 6.59. The molecule has 0 bridgehead atoms. The smallest absolute Gasteiger partial charge is 0.140 e. The molecule has 5 heteroatoms. The summed E-state index contributed by atoms with van der Waals surface area (Å²) >= 11 is 0. The highest BCUT2D eigenvalue weighted by Gasteiger charge is 2.20. The molecule has 1 aliphatic heterocycles. The van der Waals surface area contributed by atoms with Crippen molar-refractivity contribution in [1.29, 1.82) is 0 Å². The van der Waals surface area contributed by atoms with Crippen molar-refractivity contribution in [3.8, 4) is 0 Å². The molecule has 0 saturated carbocycles. The Morgan fingerprint density at radius 1 is 1.29 bits per heavy atom. The fraction of sp³-hybridized carbons (Fsp3) is 0.333. The summed E-state index contributed by atoms with van der Waals surface area (Å²) in [5.74, 6) is 0.991. The molecule has 0 spiro atoms. The van der Waals surface area contributed by atoms with Gasteiger partial charge in [-0.1, -0.05) is 6.07 Å². The second-order valence-electron chi connectivity index (χ2n) is 4.47. The van der Waals surface area contributed by atoms with Crippen LogP contribution in [-0.2, 0) is 26.7 Å². The fourth-order valence-electron chi connectivity index (χ4n) is 2.26. The van der Waals surface area contributed by atoms with Gasteiger partial charge in [-0.05, 0) is 23.3 Å². The lowest BCUT2D eigenvalue weighted by atomic mass is 10.1. The molecule has 1 aromatic heterocycles. The Morgan fingerprint density at radius 3 is 2.88 bits per heavy atom. The molecule has 0 saturated heterocycles. The zero-order chi connectivity index (χ0) is 11.8. The number of rotatable bonds is 2. The average molecular weight is 229 g/mol. The summed E-state index contributed by atoms with van der Waals surface area (Å²) in [5.41, 5.74) is 9.32. The first-order chi connectivity index (χ1) is 8.22. The van der Waals surface area contributed by atoms with E-state index in [9.17, 15) is 0 Å². The summed E-state index contributed by atoms with van der Waals surface area (Å²) in [6.07, 6.45) is 1.59. The van der Waals surface area contributed by atoms with Crippen molar-refractivity contribution in [3.05, 3.63) is 41.5 Å². The van der Waals surface area contributed by atoms with Crippen molar-refractivity contribution in [2.45, 2.75) is 19.6 Å². The zero-order valence-corrected chi connectivity index (χ0v) is 9.80. The molecule has 1 aromatic carbocycles. The van der Waals surface area contributed by atoms with Crippen molar-refractivity contribution >= 4 is 5.69 Å². The van der Waals surface area contributed by atoms with E-state index in [1.54, 1.807) is 6.33 Å². The molecule has 5 nitrogen and oxygen atoms in total. The van der Waals surface area contributed by atoms with Gasteiger partial charge in [0.15, 0.2) is 0 Å². The van der Waals surface area contributed by atoms with Crippen LogP contribution in [0.25, 0.3) is 0 Å². The lowest BCUT2D eigenvalue weighted by molar-refractivity contribution is 0.264. The van der Waals surface area contributed by atoms with Crippen molar-refractivity contribution in [1.82, 2.24) is 19.7 Å². The van der Waals surface area contributed by atoms with Crippen LogP contribution in [0, 0.1) is 0 Å². The summed E-state index contributed by atoms with van der Waals surface area (Å²) < 4.78 is 1.82. The maximum Gasteiger partial charge on any atom is 0.140 e. The maximum absolute atomic E-state index is 5.79. The third-order valence-corrected chi connectivity index (χ3v) is 3.19. The van der Waals surface area contributed by atoms with E-state index in [1.807, 2.05) is 17.8 Å². The van der Waals surface area contributed by atoms with Gasteiger partial charge in [0, 0.05) is 25.8 Å². The zero-order valence-electron chi connectivity index (χ0n) is 9.80. The molecule has 2 aromatic rings. The van der Waals surface area contributed by atoms with E-state index in [0.717, 1.165) is 31.1 Å². The lowest BCUT2D eigenvalue weighted by Crippen LogP contribution is -2.18. The summed E-state index contributed by atoms with van der Waals surface area (Å²) in [7, 11) is 1.92. The van der Waals surface area contributed by atoms with Crippen molar-refractivity contribution < 1.29 is 0 Å². The Labute approximate surface area is 99.9 Å². The predicted molar refractivity (Wildman–Crippen MR) is 64.8 cm³/mol. The third kappa shape index (κ3) is 1.89. The van der Waals surface area contributed by atoms with E-state index >= 15 is 0 Å². The molecule has 0 amide bonds. The first-order valence-corrected chi connectivity index (χ1v) is 5.65. The number of nitrogens with two attached hydrogens (primary N) is 1. The minimum atomic E-state index is 0.824. The number of hydrogen-bond acceptors (Lipinski definition) is 4. The first-order valence-electron chi connectivity index (χ1n) is 5.65. The second kappa shape index (κ2) is 3.85. The molecule has 88 valence electrons. The molecule has 2 N–H and O–H groups in total. The number of hydrogen-bond donors (Lipinski definition) is 1. The van der Waals surface area contributed by atoms with Crippen molar-refractivity contribution in [2.24, 2.45) is 7.05 Å². The van der Waals surface area contributed by atoms with Crippen molar-refractivity contribution in [2.75, 3.05) is 5.73 Å². The van der Waals surface area contributed by atoms with E-state index in [2.05, 4.69) is 27.1 Å². The van der Waals surface area contributed by atoms with Crippen LogP contribution in [-0.4, -0.2) is 19.7 Å². The number of aromatic nitrogens is 3. The minimum Gasteiger partial charge on any atom is -0.399 e. The third-order valence-electron chi connectivity index (χ3n) is 3.19. The SMILES string of the molecule is Cn1ncnc1CN1Cc2ccc(N)cc2C1. The molecule has 0 atom stereocenters. The second-order valence-corrected chi connectivity index (χ2v) is 4.47. The Kier molecular flexibility index (Phi) is 2.33. The maximum atomic E-state index is 5.79. The lowest BCUT2D eigenvalue weighted by Gasteiger charge is -2.13. The van der Waals surface area contributed by atoms with Crippen LogP contribution < -0.4 is 5.73 Å². The molecule has 0 radical (unpaired) electrons. The number of nitrogen functional groups attached to an aromatic ring is 1.